The van der Waals surface area contributed by atoms with E-state index in [0.29, 0.717) is 12.1 Å². The van der Waals surface area contributed by atoms with Crippen molar-refractivity contribution in [3.8, 4) is 5.75 Å². The number of rotatable bonds is 3. The van der Waals surface area contributed by atoms with Crippen LogP contribution in [0.4, 0.5) is 0 Å². The second-order valence-corrected chi connectivity index (χ2v) is 5.93. The summed E-state index contributed by atoms with van der Waals surface area (Å²) in [5, 5.41) is 3.58. The van der Waals surface area contributed by atoms with Gasteiger partial charge < -0.3 is 10.1 Å². The molecule has 92 valence electrons. The number of hydrogen-bond acceptors (Lipinski definition) is 3. The Hall–Kier alpha value is -0.670. The fraction of sp³-hybridized carbons (Fsp3) is 0.571. The number of ether oxygens (including phenoxy) is 1. The molecule has 1 atom stereocenters. The molecule has 0 saturated carbocycles. The van der Waals surface area contributed by atoms with Crippen molar-refractivity contribution < 1.29 is 4.74 Å². The maximum absolute atomic E-state index is 5.93. The van der Waals surface area contributed by atoms with Crippen LogP contribution >= 0.6 is 11.8 Å². The highest BCUT2D eigenvalue weighted by Crippen LogP contribution is 2.28. The summed E-state index contributed by atoms with van der Waals surface area (Å²) >= 11 is 1.96. The first kappa shape index (κ1) is 11.4. The average molecular weight is 249 g/mol. The molecule has 2 heterocycles. The van der Waals surface area contributed by atoms with Gasteiger partial charge in [-0.05, 0) is 37.1 Å². The molecule has 0 aliphatic carbocycles. The van der Waals surface area contributed by atoms with Gasteiger partial charge >= 0.3 is 0 Å². The normalized spacial score (nSPS) is 25.3. The predicted molar refractivity (Wildman–Crippen MR) is 72.8 cm³/mol. The molecule has 2 nitrogen and oxygen atoms in total. The van der Waals surface area contributed by atoms with E-state index in [1.165, 1.54) is 24.8 Å². The molecule has 1 unspecified atom stereocenters. The summed E-state index contributed by atoms with van der Waals surface area (Å²) in [6.07, 6.45) is 4.34. The van der Waals surface area contributed by atoms with Crippen molar-refractivity contribution in [1.29, 1.82) is 0 Å². The lowest BCUT2D eigenvalue weighted by Gasteiger charge is -2.27. The van der Waals surface area contributed by atoms with Crippen molar-refractivity contribution in [3.63, 3.8) is 0 Å². The standard InChI is InChI=1S/C14H19NOS/c1-2-7-15-14(6-1)11-4-3-5-12(8-11)16-13-9-17-10-13/h3-5,8,13-15H,1-2,6-7,9-10H2. The Kier molecular flexibility index (Phi) is 3.57. The molecule has 3 rings (SSSR count). The van der Waals surface area contributed by atoms with Crippen molar-refractivity contribution in [2.75, 3.05) is 18.1 Å². The van der Waals surface area contributed by atoms with Crippen LogP contribution in [0.25, 0.3) is 0 Å². The van der Waals surface area contributed by atoms with E-state index in [0.717, 1.165) is 23.8 Å². The zero-order valence-electron chi connectivity index (χ0n) is 10.0. The van der Waals surface area contributed by atoms with Crippen LogP contribution in [0.5, 0.6) is 5.75 Å². The molecular weight excluding hydrogens is 230 g/mol. The monoisotopic (exact) mass is 249 g/mol. The Morgan fingerprint density at radius 3 is 2.88 bits per heavy atom. The van der Waals surface area contributed by atoms with Crippen LogP contribution in [0.1, 0.15) is 30.9 Å². The van der Waals surface area contributed by atoms with E-state index in [1.807, 2.05) is 11.8 Å². The molecular formula is C14H19NOS. The lowest BCUT2D eigenvalue weighted by Crippen LogP contribution is -2.31. The van der Waals surface area contributed by atoms with Gasteiger partial charge in [0.15, 0.2) is 0 Å². The summed E-state index contributed by atoms with van der Waals surface area (Å²) < 4.78 is 5.93. The van der Waals surface area contributed by atoms with Crippen molar-refractivity contribution >= 4 is 11.8 Å². The lowest BCUT2D eigenvalue weighted by atomic mass is 9.97. The zero-order chi connectivity index (χ0) is 11.5. The summed E-state index contributed by atoms with van der Waals surface area (Å²) in [7, 11) is 0. The number of piperidine rings is 1. The van der Waals surface area contributed by atoms with E-state index in [4.69, 9.17) is 4.74 Å². The van der Waals surface area contributed by atoms with Crippen LogP contribution in [0.3, 0.4) is 0 Å². The van der Waals surface area contributed by atoms with Crippen molar-refractivity contribution in [2.45, 2.75) is 31.4 Å². The largest absolute Gasteiger partial charge is 0.489 e. The van der Waals surface area contributed by atoms with Crippen molar-refractivity contribution in [2.24, 2.45) is 0 Å². The Morgan fingerprint density at radius 1 is 1.24 bits per heavy atom. The second kappa shape index (κ2) is 5.32. The number of benzene rings is 1. The SMILES string of the molecule is c1cc(OC2CSC2)cc(C2CCCCN2)c1. The molecule has 0 amide bonds. The van der Waals surface area contributed by atoms with E-state index in [1.54, 1.807) is 0 Å². The second-order valence-electron chi connectivity index (χ2n) is 4.85. The quantitative estimate of drug-likeness (QED) is 0.890. The molecule has 17 heavy (non-hydrogen) atoms. The third-order valence-electron chi connectivity index (χ3n) is 3.48. The molecule has 2 fully saturated rings. The maximum atomic E-state index is 5.93. The third kappa shape index (κ3) is 2.78. The van der Waals surface area contributed by atoms with Gasteiger partial charge in [0.1, 0.15) is 11.9 Å². The van der Waals surface area contributed by atoms with E-state index in [2.05, 4.69) is 29.6 Å². The zero-order valence-corrected chi connectivity index (χ0v) is 10.8. The Labute approximate surface area is 107 Å². The first-order chi connectivity index (χ1) is 8.42. The minimum absolute atomic E-state index is 0.439. The van der Waals surface area contributed by atoms with Gasteiger partial charge in [-0.1, -0.05) is 18.6 Å². The molecule has 2 saturated heterocycles. The highest BCUT2D eigenvalue weighted by molar-refractivity contribution is 8.00. The van der Waals surface area contributed by atoms with Crippen molar-refractivity contribution in [3.05, 3.63) is 29.8 Å². The predicted octanol–water partition coefficient (Wildman–Crippen LogP) is 3.00. The maximum Gasteiger partial charge on any atom is 0.120 e. The summed E-state index contributed by atoms with van der Waals surface area (Å²) in [4.78, 5) is 0. The molecule has 0 aromatic heterocycles. The van der Waals surface area contributed by atoms with Gasteiger partial charge in [0, 0.05) is 17.5 Å². The summed E-state index contributed by atoms with van der Waals surface area (Å²) in [6, 6.07) is 9.16. The highest BCUT2D eigenvalue weighted by Gasteiger charge is 2.20. The fourth-order valence-corrected chi connectivity index (χ4v) is 2.98. The summed E-state index contributed by atoms with van der Waals surface area (Å²) in [6.45, 7) is 1.15. The Balaban J connectivity index is 1.68. The fourth-order valence-electron chi connectivity index (χ4n) is 2.42. The van der Waals surface area contributed by atoms with E-state index in [-0.39, 0.29) is 0 Å². The van der Waals surface area contributed by atoms with Crippen molar-refractivity contribution in [1.82, 2.24) is 5.32 Å². The number of hydrogen-bond donors (Lipinski definition) is 1. The Morgan fingerprint density at radius 2 is 2.18 bits per heavy atom. The molecule has 1 N–H and O–H groups in total. The number of thioether (sulfide) groups is 1. The van der Waals surface area contributed by atoms with Crippen LogP contribution in [0.2, 0.25) is 0 Å². The molecule has 1 aromatic rings. The molecule has 0 radical (unpaired) electrons. The van der Waals surface area contributed by atoms with E-state index < -0.39 is 0 Å². The van der Waals surface area contributed by atoms with Gasteiger partial charge in [-0.15, -0.1) is 0 Å². The molecule has 1 aromatic carbocycles. The van der Waals surface area contributed by atoms with Gasteiger partial charge in [-0.2, -0.15) is 11.8 Å². The van der Waals surface area contributed by atoms with Gasteiger partial charge in [-0.3, -0.25) is 0 Å². The van der Waals surface area contributed by atoms with Crippen LogP contribution in [0, 0.1) is 0 Å². The van der Waals surface area contributed by atoms with Crippen LogP contribution in [-0.2, 0) is 0 Å². The smallest absolute Gasteiger partial charge is 0.120 e. The first-order valence-electron chi connectivity index (χ1n) is 6.49. The van der Waals surface area contributed by atoms with Crippen LogP contribution in [-0.4, -0.2) is 24.2 Å². The first-order valence-corrected chi connectivity index (χ1v) is 7.65. The lowest BCUT2D eigenvalue weighted by molar-refractivity contribution is 0.240. The summed E-state index contributed by atoms with van der Waals surface area (Å²) in [5.74, 6) is 3.33. The topological polar surface area (TPSA) is 21.3 Å². The van der Waals surface area contributed by atoms with Gasteiger partial charge in [0.05, 0.1) is 0 Å². The summed E-state index contributed by atoms with van der Waals surface area (Å²) in [5.41, 5.74) is 1.38. The minimum Gasteiger partial charge on any atom is -0.489 e. The highest BCUT2D eigenvalue weighted by atomic mass is 32.2. The molecule has 3 heteroatoms. The Bertz CT molecular complexity index is 372. The molecule has 0 bridgehead atoms. The minimum atomic E-state index is 0.439. The van der Waals surface area contributed by atoms with Crippen LogP contribution < -0.4 is 10.1 Å². The molecule has 0 spiro atoms. The van der Waals surface area contributed by atoms with Gasteiger partial charge in [0.2, 0.25) is 0 Å². The van der Waals surface area contributed by atoms with E-state index in [9.17, 15) is 0 Å². The van der Waals surface area contributed by atoms with Crippen LogP contribution in [0.15, 0.2) is 24.3 Å². The average Bonchev–Trinajstić information content (AvgIpc) is 2.35. The van der Waals surface area contributed by atoms with Gasteiger partial charge in [-0.25, -0.2) is 0 Å². The number of nitrogens with one attached hydrogen (secondary N) is 1. The molecule has 2 aliphatic rings. The molecule has 2 aliphatic heterocycles. The van der Waals surface area contributed by atoms with Gasteiger partial charge in [0.25, 0.3) is 0 Å². The van der Waals surface area contributed by atoms with E-state index >= 15 is 0 Å². The third-order valence-corrected chi connectivity index (χ3v) is 4.70.